The molecule has 0 saturated carbocycles. The van der Waals surface area contributed by atoms with Gasteiger partial charge in [-0.1, -0.05) is 24.3 Å². The zero-order valence-corrected chi connectivity index (χ0v) is 12.6. The Labute approximate surface area is 126 Å². The second-order valence-electron chi connectivity index (χ2n) is 6.03. The van der Waals surface area contributed by atoms with Crippen molar-refractivity contribution < 1.29 is 0 Å². The highest BCUT2D eigenvalue weighted by molar-refractivity contribution is 5.33. The third kappa shape index (κ3) is 3.17. The maximum atomic E-state index is 5.86. The van der Waals surface area contributed by atoms with Gasteiger partial charge >= 0.3 is 0 Å². The first-order chi connectivity index (χ1) is 10.3. The number of hydrogen-bond donors (Lipinski definition) is 2. The van der Waals surface area contributed by atoms with Crippen LogP contribution in [0.5, 0.6) is 0 Å². The lowest BCUT2D eigenvalue weighted by Gasteiger charge is -2.32. The molecule has 0 radical (unpaired) electrons. The van der Waals surface area contributed by atoms with Gasteiger partial charge < -0.3 is 0 Å². The van der Waals surface area contributed by atoms with Gasteiger partial charge in [-0.15, -0.1) is 0 Å². The minimum atomic E-state index is 0.326. The summed E-state index contributed by atoms with van der Waals surface area (Å²) in [6, 6.07) is 9.14. The van der Waals surface area contributed by atoms with Crippen LogP contribution in [0.1, 0.15) is 41.9 Å². The van der Waals surface area contributed by atoms with Crippen molar-refractivity contribution in [3.05, 3.63) is 53.3 Å². The van der Waals surface area contributed by atoms with Gasteiger partial charge in [0.1, 0.15) is 0 Å². The van der Waals surface area contributed by atoms with E-state index in [0.717, 1.165) is 12.8 Å². The summed E-state index contributed by atoms with van der Waals surface area (Å²) in [5, 5.41) is 4.23. The fraction of sp³-hybridized carbons (Fsp3) is 0.471. The molecular formula is C17H24N4. The van der Waals surface area contributed by atoms with Crippen molar-refractivity contribution in [3.8, 4) is 0 Å². The SMILES string of the molecule is Cn1cc(CCC(NN)C2CCCc3ccccc32)cn1. The van der Waals surface area contributed by atoms with Crippen LogP contribution in [0.25, 0.3) is 0 Å². The summed E-state index contributed by atoms with van der Waals surface area (Å²) in [6.45, 7) is 0. The molecule has 0 spiro atoms. The number of nitrogens with two attached hydrogens (primary N) is 1. The summed E-state index contributed by atoms with van der Waals surface area (Å²) >= 11 is 0. The van der Waals surface area contributed by atoms with Crippen LogP contribution < -0.4 is 11.3 Å². The van der Waals surface area contributed by atoms with Crippen LogP contribution in [-0.2, 0) is 19.9 Å². The average Bonchev–Trinajstić information content (AvgIpc) is 2.93. The molecule has 4 heteroatoms. The third-order valence-corrected chi connectivity index (χ3v) is 4.62. The van der Waals surface area contributed by atoms with E-state index in [2.05, 4.69) is 41.0 Å². The molecule has 2 atom stereocenters. The van der Waals surface area contributed by atoms with Gasteiger partial charge in [0.2, 0.25) is 0 Å². The Kier molecular flexibility index (Phi) is 4.36. The first-order valence-electron chi connectivity index (χ1n) is 7.79. The molecule has 4 nitrogen and oxygen atoms in total. The Morgan fingerprint density at radius 2 is 2.29 bits per heavy atom. The molecule has 1 heterocycles. The number of nitrogens with one attached hydrogen (secondary N) is 1. The molecule has 1 aromatic carbocycles. The maximum absolute atomic E-state index is 5.86. The van der Waals surface area contributed by atoms with Crippen LogP contribution >= 0.6 is 0 Å². The molecule has 0 saturated heterocycles. The molecule has 21 heavy (non-hydrogen) atoms. The van der Waals surface area contributed by atoms with Crippen LogP contribution in [0.4, 0.5) is 0 Å². The smallest absolute Gasteiger partial charge is 0.0521 e. The van der Waals surface area contributed by atoms with Crippen molar-refractivity contribution in [2.75, 3.05) is 0 Å². The number of aromatic nitrogens is 2. The Bertz CT molecular complexity index is 590. The molecule has 0 amide bonds. The topological polar surface area (TPSA) is 55.9 Å². The maximum Gasteiger partial charge on any atom is 0.0521 e. The molecule has 1 aliphatic rings. The van der Waals surface area contributed by atoms with Crippen LogP contribution in [0.2, 0.25) is 0 Å². The van der Waals surface area contributed by atoms with E-state index >= 15 is 0 Å². The highest BCUT2D eigenvalue weighted by Gasteiger charge is 2.26. The summed E-state index contributed by atoms with van der Waals surface area (Å²) in [6.07, 6.45) is 9.77. The van der Waals surface area contributed by atoms with Crippen molar-refractivity contribution in [1.29, 1.82) is 0 Å². The van der Waals surface area contributed by atoms with E-state index in [-0.39, 0.29) is 0 Å². The highest BCUT2D eigenvalue weighted by Crippen LogP contribution is 2.35. The number of hydrogen-bond acceptors (Lipinski definition) is 3. The van der Waals surface area contributed by atoms with E-state index < -0.39 is 0 Å². The molecule has 1 aliphatic carbocycles. The molecule has 3 N–H and O–H groups in total. The van der Waals surface area contributed by atoms with Crippen LogP contribution in [-0.4, -0.2) is 15.8 Å². The predicted octanol–water partition coefficient (Wildman–Crippen LogP) is 2.30. The van der Waals surface area contributed by atoms with Crippen LogP contribution in [0.3, 0.4) is 0 Å². The van der Waals surface area contributed by atoms with E-state index in [9.17, 15) is 0 Å². The largest absolute Gasteiger partial charge is 0.276 e. The Balaban J connectivity index is 1.72. The van der Waals surface area contributed by atoms with Crippen molar-refractivity contribution in [2.45, 2.75) is 44.1 Å². The number of fused-ring (bicyclic) bond motifs is 1. The third-order valence-electron chi connectivity index (χ3n) is 4.62. The molecular weight excluding hydrogens is 260 g/mol. The molecule has 2 aromatic rings. The van der Waals surface area contributed by atoms with Crippen LogP contribution in [0, 0.1) is 0 Å². The fourth-order valence-electron chi connectivity index (χ4n) is 3.53. The lowest BCUT2D eigenvalue weighted by atomic mass is 9.77. The zero-order chi connectivity index (χ0) is 14.7. The summed E-state index contributed by atoms with van der Waals surface area (Å²) in [5.41, 5.74) is 7.32. The highest BCUT2D eigenvalue weighted by atomic mass is 15.2. The first kappa shape index (κ1) is 14.3. The molecule has 0 aliphatic heterocycles. The number of hydrazine groups is 1. The molecule has 112 valence electrons. The van der Waals surface area contributed by atoms with Gasteiger partial charge in [0.15, 0.2) is 0 Å². The van der Waals surface area contributed by atoms with Gasteiger partial charge in [-0.25, -0.2) is 0 Å². The molecule has 0 fully saturated rings. The van der Waals surface area contributed by atoms with E-state index in [1.165, 1.54) is 36.0 Å². The summed E-state index contributed by atoms with van der Waals surface area (Å²) in [5.74, 6) is 6.38. The minimum absolute atomic E-state index is 0.326. The van der Waals surface area contributed by atoms with Crippen LogP contribution in [0.15, 0.2) is 36.7 Å². The Morgan fingerprint density at radius 1 is 1.43 bits per heavy atom. The minimum Gasteiger partial charge on any atom is -0.276 e. The molecule has 0 bridgehead atoms. The molecule has 3 rings (SSSR count). The average molecular weight is 284 g/mol. The lowest BCUT2D eigenvalue weighted by molar-refractivity contribution is 0.378. The van der Waals surface area contributed by atoms with Gasteiger partial charge in [-0.05, 0) is 48.8 Å². The number of nitrogens with zero attached hydrogens (tertiary/aromatic N) is 2. The van der Waals surface area contributed by atoms with Crippen molar-refractivity contribution >= 4 is 0 Å². The van der Waals surface area contributed by atoms with Gasteiger partial charge in [-0.2, -0.15) is 5.10 Å². The molecule has 2 unspecified atom stereocenters. The predicted molar refractivity (Wildman–Crippen MR) is 84.8 cm³/mol. The van der Waals surface area contributed by atoms with Gasteiger partial charge in [0.25, 0.3) is 0 Å². The van der Waals surface area contributed by atoms with Crippen molar-refractivity contribution in [2.24, 2.45) is 12.9 Å². The number of aryl methyl sites for hydroxylation is 3. The normalized spacial score (nSPS) is 19.2. The Morgan fingerprint density at radius 3 is 3.05 bits per heavy atom. The quantitative estimate of drug-likeness (QED) is 0.654. The van der Waals surface area contributed by atoms with Crippen molar-refractivity contribution in [3.63, 3.8) is 0 Å². The van der Waals surface area contributed by atoms with Crippen molar-refractivity contribution in [1.82, 2.24) is 15.2 Å². The zero-order valence-electron chi connectivity index (χ0n) is 12.6. The van der Waals surface area contributed by atoms with E-state index in [1.54, 1.807) is 0 Å². The van der Waals surface area contributed by atoms with E-state index in [4.69, 9.17) is 5.84 Å². The fourth-order valence-corrected chi connectivity index (χ4v) is 3.53. The number of rotatable bonds is 5. The summed E-state index contributed by atoms with van der Waals surface area (Å²) in [4.78, 5) is 0. The first-order valence-corrected chi connectivity index (χ1v) is 7.79. The summed E-state index contributed by atoms with van der Waals surface area (Å²) < 4.78 is 1.86. The summed E-state index contributed by atoms with van der Waals surface area (Å²) in [7, 11) is 1.96. The second-order valence-corrected chi connectivity index (χ2v) is 6.03. The lowest BCUT2D eigenvalue weighted by Crippen LogP contribution is -2.41. The van der Waals surface area contributed by atoms with Gasteiger partial charge in [-0.3, -0.25) is 16.0 Å². The van der Waals surface area contributed by atoms with Gasteiger partial charge in [0.05, 0.1) is 6.20 Å². The van der Waals surface area contributed by atoms with E-state index in [1.807, 2.05) is 17.9 Å². The second kappa shape index (κ2) is 6.41. The Hall–Kier alpha value is -1.65. The van der Waals surface area contributed by atoms with E-state index in [0.29, 0.717) is 12.0 Å². The van der Waals surface area contributed by atoms with Gasteiger partial charge in [0, 0.05) is 25.2 Å². The number of benzene rings is 1. The monoisotopic (exact) mass is 284 g/mol. The molecule has 1 aromatic heterocycles. The standard InChI is InChI=1S/C17H24N4/c1-21-12-13(11-19-21)9-10-17(20-18)16-8-4-6-14-5-2-3-7-15(14)16/h2-3,5,7,11-12,16-17,20H,4,6,8-10,18H2,1H3.